The van der Waals surface area contributed by atoms with Crippen LogP contribution in [-0.4, -0.2) is 27.5 Å². The Hall–Kier alpha value is -2.63. The topological polar surface area (TPSA) is 99.3 Å². The molecular formula is C16H18N2O4. The largest absolute Gasteiger partial charge is 0.481 e. The van der Waals surface area contributed by atoms with Crippen LogP contribution in [0.4, 0.5) is 0 Å². The molecule has 2 aromatic rings. The molecule has 2 rings (SSSR count). The van der Waals surface area contributed by atoms with Gasteiger partial charge in [-0.15, -0.1) is 0 Å². The second-order valence-corrected chi connectivity index (χ2v) is 5.82. The van der Waals surface area contributed by atoms with Crippen LogP contribution < -0.4 is 10.9 Å². The minimum atomic E-state index is -0.913. The van der Waals surface area contributed by atoms with Crippen molar-refractivity contribution in [3.05, 3.63) is 46.2 Å². The van der Waals surface area contributed by atoms with Crippen molar-refractivity contribution < 1.29 is 14.7 Å². The number of hydrogen-bond acceptors (Lipinski definition) is 3. The zero-order chi connectivity index (χ0) is 16.3. The molecule has 0 aliphatic rings. The summed E-state index contributed by atoms with van der Waals surface area (Å²) in [6.45, 7) is 3.51. The van der Waals surface area contributed by atoms with E-state index in [0.717, 1.165) is 0 Å². The van der Waals surface area contributed by atoms with Gasteiger partial charge in [-0.05, 0) is 26.3 Å². The standard InChI is InChI=1S/C16H18N2O4/c1-16(2,8-7-14(20)21)18-15(22)11-9-13(19)17-12-6-4-3-5-10(11)12/h3-6,9H,7-8H2,1-2H3,(H,17,19)(H,18,22)(H,20,21). The van der Waals surface area contributed by atoms with Gasteiger partial charge in [0.2, 0.25) is 5.56 Å². The molecule has 0 bridgehead atoms. The number of para-hydroxylation sites is 1. The van der Waals surface area contributed by atoms with E-state index in [0.29, 0.717) is 17.3 Å². The van der Waals surface area contributed by atoms with Crippen molar-refractivity contribution >= 4 is 22.8 Å². The summed E-state index contributed by atoms with van der Waals surface area (Å²) >= 11 is 0. The van der Waals surface area contributed by atoms with Crippen LogP contribution in [-0.2, 0) is 4.79 Å². The van der Waals surface area contributed by atoms with Gasteiger partial charge in [0.05, 0.1) is 5.56 Å². The lowest BCUT2D eigenvalue weighted by molar-refractivity contribution is -0.137. The van der Waals surface area contributed by atoms with Crippen LogP contribution in [0.2, 0.25) is 0 Å². The van der Waals surface area contributed by atoms with Crippen molar-refractivity contribution in [3.63, 3.8) is 0 Å². The molecule has 1 aromatic heterocycles. The first-order valence-electron chi connectivity index (χ1n) is 6.95. The second kappa shape index (κ2) is 6.01. The van der Waals surface area contributed by atoms with Crippen molar-refractivity contribution in [2.24, 2.45) is 0 Å². The number of aromatic nitrogens is 1. The highest BCUT2D eigenvalue weighted by Crippen LogP contribution is 2.17. The summed E-state index contributed by atoms with van der Waals surface area (Å²) in [5, 5.41) is 12.2. The van der Waals surface area contributed by atoms with Crippen molar-refractivity contribution in [1.29, 1.82) is 0 Å². The molecule has 3 N–H and O–H groups in total. The molecule has 6 nitrogen and oxygen atoms in total. The molecule has 0 saturated carbocycles. The number of aromatic amines is 1. The van der Waals surface area contributed by atoms with Crippen LogP contribution in [0.5, 0.6) is 0 Å². The highest BCUT2D eigenvalue weighted by molar-refractivity contribution is 6.06. The summed E-state index contributed by atoms with van der Waals surface area (Å²) in [6.07, 6.45) is 0.262. The quantitative estimate of drug-likeness (QED) is 0.785. The van der Waals surface area contributed by atoms with Crippen molar-refractivity contribution in [3.8, 4) is 0 Å². The van der Waals surface area contributed by atoms with E-state index in [2.05, 4.69) is 10.3 Å². The molecule has 0 aliphatic heterocycles. The van der Waals surface area contributed by atoms with E-state index in [-0.39, 0.29) is 17.5 Å². The summed E-state index contributed by atoms with van der Waals surface area (Å²) < 4.78 is 0. The number of carbonyl (C=O) groups excluding carboxylic acids is 1. The molecular weight excluding hydrogens is 284 g/mol. The third-order valence-corrected chi connectivity index (χ3v) is 3.41. The molecule has 0 saturated heterocycles. The molecule has 1 heterocycles. The van der Waals surface area contributed by atoms with Crippen molar-refractivity contribution in [1.82, 2.24) is 10.3 Å². The normalized spacial score (nSPS) is 11.4. The van der Waals surface area contributed by atoms with Gasteiger partial charge in [0.1, 0.15) is 0 Å². The number of H-pyrrole nitrogens is 1. The van der Waals surface area contributed by atoms with E-state index in [9.17, 15) is 14.4 Å². The van der Waals surface area contributed by atoms with E-state index < -0.39 is 17.4 Å². The number of hydrogen-bond donors (Lipinski definition) is 3. The average molecular weight is 302 g/mol. The number of pyridine rings is 1. The van der Waals surface area contributed by atoms with Gasteiger partial charge >= 0.3 is 5.97 Å². The molecule has 1 aromatic carbocycles. The highest BCUT2D eigenvalue weighted by atomic mass is 16.4. The van der Waals surface area contributed by atoms with Crippen LogP contribution in [0, 0.1) is 0 Å². The summed E-state index contributed by atoms with van der Waals surface area (Å²) in [5.74, 6) is -1.30. The van der Waals surface area contributed by atoms with Gasteiger partial charge in [-0.2, -0.15) is 0 Å². The maximum absolute atomic E-state index is 12.5. The van der Waals surface area contributed by atoms with E-state index in [1.165, 1.54) is 6.07 Å². The van der Waals surface area contributed by atoms with Crippen LogP contribution in [0.25, 0.3) is 10.9 Å². The predicted octanol–water partition coefficient (Wildman–Crippen LogP) is 1.90. The van der Waals surface area contributed by atoms with Crippen LogP contribution in [0.3, 0.4) is 0 Å². The van der Waals surface area contributed by atoms with Gasteiger partial charge in [-0.25, -0.2) is 0 Å². The molecule has 0 aliphatic carbocycles. The molecule has 0 fully saturated rings. The SMILES string of the molecule is CC(C)(CCC(=O)O)NC(=O)c1cc(=O)[nH]c2ccccc12. The number of aliphatic carboxylic acids is 1. The predicted molar refractivity (Wildman–Crippen MR) is 83.0 cm³/mol. The van der Waals surface area contributed by atoms with Crippen LogP contribution >= 0.6 is 0 Å². The molecule has 0 atom stereocenters. The lowest BCUT2D eigenvalue weighted by Crippen LogP contribution is -2.44. The Morgan fingerprint density at radius 1 is 1.27 bits per heavy atom. The van der Waals surface area contributed by atoms with E-state index in [1.807, 2.05) is 0 Å². The lowest BCUT2D eigenvalue weighted by Gasteiger charge is -2.25. The minimum absolute atomic E-state index is 0.0383. The number of carboxylic acid groups (broad SMARTS) is 1. The first-order valence-corrected chi connectivity index (χ1v) is 6.95. The number of carbonyl (C=O) groups is 2. The third-order valence-electron chi connectivity index (χ3n) is 3.41. The molecule has 0 unspecified atom stereocenters. The van der Waals surface area contributed by atoms with Gasteiger partial charge < -0.3 is 15.4 Å². The minimum Gasteiger partial charge on any atom is -0.481 e. The Labute approximate surface area is 127 Å². The molecule has 1 amide bonds. The van der Waals surface area contributed by atoms with Gasteiger partial charge in [0, 0.05) is 28.9 Å². The lowest BCUT2D eigenvalue weighted by atomic mass is 9.97. The Morgan fingerprint density at radius 2 is 1.95 bits per heavy atom. The summed E-state index contributed by atoms with van der Waals surface area (Å²) in [7, 11) is 0. The Morgan fingerprint density at radius 3 is 2.64 bits per heavy atom. The van der Waals surface area contributed by atoms with Gasteiger partial charge in [0.15, 0.2) is 0 Å². The van der Waals surface area contributed by atoms with Crippen molar-refractivity contribution in [2.45, 2.75) is 32.2 Å². The fourth-order valence-electron chi connectivity index (χ4n) is 2.25. The Balaban J connectivity index is 2.30. The summed E-state index contributed by atoms with van der Waals surface area (Å²) in [4.78, 5) is 37.5. The summed E-state index contributed by atoms with van der Waals surface area (Å²) in [5.41, 5.74) is -0.169. The van der Waals surface area contributed by atoms with Crippen LogP contribution in [0.1, 0.15) is 37.0 Å². The van der Waals surface area contributed by atoms with Gasteiger partial charge in [-0.1, -0.05) is 18.2 Å². The molecule has 0 spiro atoms. The number of amides is 1. The molecule has 116 valence electrons. The monoisotopic (exact) mass is 302 g/mol. The third kappa shape index (κ3) is 3.72. The van der Waals surface area contributed by atoms with Crippen molar-refractivity contribution in [2.75, 3.05) is 0 Å². The average Bonchev–Trinajstić information content (AvgIpc) is 2.44. The zero-order valence-electron chi connectivity index (χ0n) is 12.5. The van der Waals surface area contributed by atoms with E-state index >= 15 is 0 Å². The van der Waals surface area contributed by atoms with Gasteiger partial charge in [-0.3, -0.25) is 14.4 Å². The number of nitrogens with one attached hydrogen (secondary N) is 2. The second-order valence-electron chi connectivity index (χ2n) is 5.82. The van der Waals surface area contributed by atoms with Crippen LogP contribution in [0.15, 0.2) is 35.1 Å². The number of carboxylic acids is 1. The molecule has 22 heavy (non-hydrogen) atoms. The van der Waals surface area contributed by atoms with Gasteiger partial charge in [0.25, 0.3) is 5.91 Å². The smallest absolute Gasteiger partial charge is 0.303 e. The fraction of sp³-hybridized carbons (Fsp3) is 0.312. The zero-order valence-corrected chi connectivity index (χ0v) is 12.5. The number of benzene rings is 1. The first-order chi connectivity index (χ1) is 10.3. The fourth-order valence-corrected chi connectivity index (χ4v) is 2.25. The van der Waals surface area contributed by atoms with E-state index in [1.54, 1.807) is 38.1 Å². The Bertz CT molecular complexity index is 777. The first kappa shape index (κ1) is 15.8. The molecule has 0 radical (unpaired) electrons. The Kier molecular flexibility index (Phi) is 4.30. The van der Waals surface area contributed by atoms with E-state index in [4.69, 9.17) is 5.11 Å². The maximum atomic E-state index is 12.5. The molecule has 6 heteroatoms. The number of rotatable bonds is 5. The highest BCUT2D eigenvalue weighted by Gasteiger charge is 2.23. The maximum Gasteiger partial charge on any atom is 0.303 e. The number of fused-ring (bicyclic) bond motifs is 1. The summed E-state index contributed by atoms with van der Waals surface area (Å²) in [6, 6.07) is 8.29.